The molecule has 1 aromatic carbocycles. The van der Waals surface area contributed by atoms with Crippen molar-refractivity contribution in [3.8, 4) is 5.88 Å². The van der Waals surface area contributed by atoms with Crippen molar-refractivity contribution in [2.24, 2.45) is 5.41 Å². The maximum absolute atomic E-state index is 13.9. The lowest BCUT2D eigenvalue weighted by Gasteiger charge is -2.32. The van der Waals surface area contributed by atoms with E-state index < -0.39 is 11.2 Å². The molecule has 1 aliphatic heterocycles. The number of hydroxylamine groups is 2. The number of carbonyl (C=O) groups excluding carboxylic acids is 1. The lowest BCUT2D eigenvalue weighted by Crippen LogP contribution is -2.38. The van der Waals surface area contributed by atoms with Crippen LogP contribution in [0, 0.1) is 11.2 Å². The third-order valence-corrected chi connectivity index (χ3v) is 5.07. The number of carbonyl (C=O) groups is 1. The van der Waals surface area contributed by atoms with Gasteiger partial charge in [0.2, 0.25) is 5.88 Å². The van der Waals surface area contributed by atoms with Crippen molar-refractivity contribution in [3.63, 3.8) is 0 Å². The fourth-order valence-electron chi connectivity index (χ4n) is 3.03. The van der Waals surface area contributed by atoms with E-state index in [0.29, 0.717) is 29.6 Å². The Bertz CT molecular complexity index is 861. The van der Waals surface area contributed by atoms with E-state index in [2.05, 4.69) is 4.98 Å². The molecule has 0 spiro atoms. The molecule has 2 aromatic rings. The van der Waals surface area contributed by atoms with Gasteiger partial charge in [-0.25, -0.2) is 14.2 Å². The SMILES string of the molecule is CC(C)(C)C(=O)ON1CCC(c2cccc(OCc3ccc(Cl)cc3F)n2)CC1. The molecule has 2 heterocycles. The van der Waals surface area contributed by atoms with Gasteiger partial charge >= 0.3 is 5.97 Å². The average Bonchev–Trinajstić information content (AvgIpc) is 2.67. The number of halogens is 2. The van der Waals surface area contributed by atoms with Crippen LogP contribution in [0.15, 0.2) is 36.4 Å². The molecule has 0 unspecified atom stereocenters. The maximum atomic E-state index is 13.9. The van der Waals surface area contributed by atoms with Crippen LogP contribution in [-0.2, 0) is 16.2 Å². The number of aromatic nitrogens is 1. The molecule has 1 aliphatic rings. The van der Waals surface area contributed by atoms with Gasteiger partial charge in [0.15, 0.2) is 0 Å². The molecule has 5 nitrogen and oxygen atoms in total. The van der Waals surface area contributed by atoms with Crippen molar-refractivity contribution in [2.45, 2.75) is 46.1 Å². The Hall–Kier alpha value is -2.18. The van der Waals surface area contributed by atoms with Crippen LogP contribution in [0.25, 0.3) is 0 Å². The Kier molecular flexibility index (Phi) is 6.75. The van der Waals surface area contributed by atoms with Crippen molar-refractivity contribution in [2.75, 3.05) is 13.1 Å². The summed E-state index contributed by atoms with van der Waals surface area (Å²) in [5.41, 5.74) is 0.838. The summed E-state index contributed by atoms with van der Waals surface area (Å²) in [4.78, 5) is 22.1. The molecule has 0 amide bonds. The van der Waals surface area contributed by atoms with E-state index in [4.69, 9.17) is 21.2 Å². The second kappa shape index (κ2) is 9.09. The monoisotopic (exact) mass is 420 g/mol. The summed E-state index contributed by atoms with van der Waals surface area (Å²) in [6, 6.07) is 10.1. The molecule has 0 bridgehead atoms. The molecule has 3 rings (SSSR count). The summed E-state index contributed by atoms with van der Waals surface area (Å²) in [5.74, 6) is 0.0959. The lowest BCUT2D eigenvalue weighted by molar-refractivity contribution is -0.204. The number of benzene rings is 1. The number of hydrogen-bond acceptors (Lipinski definition) is 5. The first kappa shape index (κ1) is 21.5. The van der Waals surface area contributed by atoms with Crippen molar-refractivity contribution in [3.05, 3.63) is 58.5 Å². The Balaban J connectivity index is 1.55. The van der Waals surface area contributed by atoms with Crippen molar-refractivity contribution in [1.29, 1.82) is 0 Å². The molecule has 0 saturated carbocycles. The molecule has 156 valence electrons. The number of pyridine rings is 1. The Labute approximate surface area is 175 Å². The molecule has 0 radical (unpaired) electrons. The zero-order chi connectivity index (χ0) is 21.0. The molecule has 0 atom stereocenters. The highest BCUT2D eigenvalue weighted by Crippen LogP contribution is 2.29. The Morgan fingerprint density at radius 1 is 1.24 bits per heavy atom. The second-order valence-electron chi connectivity index (χ2n) is 8.26. The van der Waals surface area contributed by atoms with E-state index in [1.165, 1.54) is 6.07 Å². The first-order chi connectivity index (χ1) is 13.7. The van der Waals surface area contributed by atoms with Crippen molar-refractivity contribution < 1.29 is 18.8 Å². The third-order valence-electron chi connectivity index (χ3n) is 4.83. The Morgan fingerprint density at radius 2 is 1.97 bits per heavy atom. The number of piperidine rings is 1. The first-order valence-corrected chi connectivity index (χ1v) is 10.1. The van der Waals surface area contributed by atoms with Crippen molar-refractivity contribution >= 4 is 17.6 Å². The summed E-state index contributed by atoms with van der Waals surface area (Å²) in [6.07, 6.45) is 1.67. The zero-order valence-corrected chi connectivity index (χ0v) is 17.7. The van der Waals surface area contributed by atoms with Crippen LogP contribution in [0.4, 0.5) is 4.39 Å². The van der Waals surface area contributed by atoms with Gasteiger partial charge in [0.05, 0.1) is 5.41 Å². The smallest absolute Gasteiger partial charge is 0.330 e. The van der Waals surface area contributed by atoms with Crippen LogP contribution >= 0.6 is 11.6 Å². The van der Waals surface area contributed by atoms with Crippen LogP contribution < -0.4 is 4.74 Å². The highest BCUT2D eigenvalue weighted by molar-refractivity contribution is 6.30. The summed E-state index contributed by atoms with van der Waals surface area (Å²) >= 11 is 5.78. The molecule has 7 heteroatoms. The van der Waals surface area contributed by atoms with Gasteiger partial charge in [-0.05, 0) is 51.8 Å². The van der Waals surface area contributed by atoms with Gasteiger partial charge in [0, 0.05) is 41.4 Å². The van der Waals surface area contributed by atoms with Gasteiger partial charge in [-0.15, -0.1) is 5.06 Å². The van der Waals surface area contributed by atoms with Gasteiger partial charge in [-0.1, -0.05) is 23.7 Å². The summed E-state index contributed by atoms with van der Waals surface area (Å²) in [6.45, 7) is 6.93. The van der Waals surface area contributed by atoms with E-state index >= 15 is 0 Å². The van der Waals surface area contributed by atoms with Crippen LogP contribution in [0.2, 0.25) is 5.02 Å². The molecule has 0 aliphatic carbocycles. The van der Waals surface area contributed by atoms with Crippen LogP contribution in [0.5, 0.6) is 5.88 Å². The summed E-state index contributed by atoms with van der Waals surface area (Å²) in [5, 5.41) is 2.08. The molecule has 1 fully saturated rings. The Morgan fingerprint density at radius 3 is 2.62 bits per heavy atom. The molecule has 1 saturated heterocycles. The minimum Gasteiger partial charge on any atom is -0.473 e. The summed E-state index contributed by atoms with van der Waals surface area (Å²) < 4.78 is 19.6. The van der Waals surface area contributed by atoms with E-state index in [1.807, 2.05) is 32.9 Å². The molecule has 0 N–H and O–H groups in total. The first-order valence-electron chi connectivity index (χ1n) is 9.73. The lowest BCUT2D eigenvalue weighted by atomic mass is 9.94. The van der Waals surface area contributed by atoms with E-state index in [0.717, 1.165) is 18.5 Å². The fourth-order valence-corrected chi connectivity index (χ4v) is 3.18. The largest absolute Gasteiger partial charge is 0.473 e. The van der Waals surface area contributed by atoms with Crippen LogP contribution in [-0.4, -0.2) is 29.1 Å². The number of hydrogen-bond donors (Lipinski definition) is 0. The van der Waals surface area contributed by atoms with Crippen LogP contribution in [0.3, 0.4) is 0 Å². The topological polar surface area (TPSA) is 51.7 Å². The quantitative estimate of drug-likeness (QED) is 0.670. The molecule has 1 aromatic heterocycles. The fraction of sp³-hybridized carbons (Fsp3) is 0.455. The predicted octanol–water partition coefficient (Wildman–Crippen LogP) is 5.14. The van der Waals surface area contributed by atoms with E-state index in [-0.39, 0.29) is 18.5 Å². The molecular formula is C22H26ClFN2O3. The van der Waals surface area contributed by atoms with Crippen LogP contribution in [0.1, 0.15) is 50.8 Å². The highest BCUT2D eigenvalue weighted by atomic mass is 35.5. The number of ether oxygens (including phenoxy) is 1. The zero-order valence-electron chi connectivity index (χ0n) is 17.0. The maximum Gasteiger partial charge on any atom is 0.330 e. The van der Waals surface area contributed by atoms with Gasteiger partial charge in [-0.2, -0.15) is 0 Å². The standard InChI is InChI=1S/C22H26ClFN2O3/c1-22(2,3)21(27)29-26-11-9-15(10-12-26)19-5-4-6-20(25-19)28-14-16-7-8-17(23)13-18(16)24/h4-8,13,15H,9-12,14H2,1-3H3. The van der Waals surface area contributed by atoms with E-state index in [9.17, 15) is 9.18 Å². The predicted molar refractivity (Wildman–Crippen MR) is 109 cm³/mol. The molecular weight excluding hydrogens is 395 g/mol. The number of rotatable bonds is 5. The van der Waals surface area contributed by atoms with Gasteiger partial charge in [-0.3, -0.25) is 0 Å². The van der Waals surface area contributed by atoms with Gasteiger partial charge < -0.3 is 9.57 Å². The minimum atomic E-state index is -0.520. The van der Waals surface area contributed by atoms with E-state index in [1.54, 1.807) is 23.3 Å². The highest BCUT2D eigenvalue weighted by Gasteiger charge is 2.29. The van der Waals surface area contributed by atoms with Gasteiger partial charge in [0.1, 0.15) is 12.4 Å². The van der Waals surface area contributed by atoms with Crippen molar-refractivity contribution in [1.82, 2.24) is 10.0 Å². The molecule has 29 heavy (non-hydrogen) atoms. The third kappa shape index (κ3) is 5.90. The number of nitrogens with zero attached hydrogens (tertiary/aromatic N) is 2. The second-order valence-corrected chi connectivity index (χ2v) is 8.69. The van der Waals surface area contributed by atoms with Gasteiger partial charge in [0.25, 0.3) is 0 Å². The summed E-state index contributed by atoms with van der Waals surface area (Å²) in [7, 11) is 0. The average molecular weight is 421 g/mol. The minimum absolute atomic E-state index is 0.0840. The normalized spacial score (nSPS) is 15.9.